The van der Waals surface area contributed by atoms with Gasteiger partial charge in [0.25, 0.3) is 0 Å². The number of nitrogens with two attached hydrogens (primary N) is 1. The van der Waals surface area contributed by atoms with Crippen molar-refractivity contribution in [3.8, 4) is 0 Å². The Morgan fingerprint density at radius 2 is 2.15 bits per heavy atom. The highest BCUT2D eigenvalue weighted by Crippen LogP contribution is 2.25. The van der Waals surface area contributed by atoms with E-state index in [1.54, 1.807) is 4.90 Å². The van der Waals surface area contributed by atoms with Gasteiger partial charge in [-0.2, -0.15) is 0 Å². The first-order valence-electron chi connectivity index (χ1n) is 7.44. The summed E-state index contributed by atoms with van der Waals surface area (Å²) >= 11 is 0. The minimum atomic E-state index is -0.0428. The number of urea groups is 1. The largest absolute Gasteiger partial charge is 0.327 e. The number of anilines is 1. The molecule has 2 rings (SSSR count). The van der Waals surface area contributed by atoms with Crippen LogP contribution >= 0.6 is 0 Å². The molecular weight excluding hydrogens is 250 g/mol. The molecule has 4 heteroatoms. The highest BCUT2D eigenvalue weighted by Gasteiger charge is 2.19. The fourth-order valence-electron chi connectivity index (χ4n) is 2.78. The van der Waals surface area contributed by atoms with Crippen LogP contribution in [0.1, 0.15) is 44.2 Å². The second-order valence-electron chi connectivity index (χ2n) is 5.88. The summed E-state index contributed by atoms with van der Waals surface area (Å²) in [6, 6.07) is 7.66. The van der Waals surface area contributed by atoms with Gasteiger partial charge in [-0.25, -0.2) is 4.79 Å². The molecule has 1 aromatic rings. The molecule has 0 aliphatic heterocycles. The maximum atomic E-state index is 12.2. The molecule has 3 N–H and O–H groups in total. The third kappa shape index (κ3) is 3.97. The smallest absolute Gasteiger partial charge is 0.321 e. The second-order valence-corrected chi connectivity index (χ2v) is 5.88. The number of nitrogens with one attached hydrogen (secondary N) is 1. The van der Waals surface area contributed by atoms with Gasteiger partial charge in [0.2, 0.25) is 0 Å². The number of amides is 2. The van der Waals surface area contributed by atoms with Gasteiger partial charge in [-0.1, -0.05) is 25.0 Å². The van der Waals surface area contributed by atoms with Crippen LogP contribution in [0.3, 0.4) is 0 Å². The zero-order chi connectivity index (χ0) is 14.5. The summed E-state index contributed by atoms with van der Waals surface area (Å²) in [5.74, 6) is 0.668. The molecule has 20 heavy (non-hydrogen) atoms. The Morgan fingerprint density at radius 1 is 1.45 bits per heavy atom. The van der Waals surface area contributed by atoms with Crippen molar-refractivity contribution < 1.29 is 4.79 Å². The molecule has 2 amide bonds. The second kappa shape index (κ2) is 6.75. The zero-order valence-electron chi connectivity index (χ0n) is 12.4. The van der Waals surface area contributed by atoms with Crippen molar-refractivity contribution in [2.24, 2.45) is 11.7 Å². The van der Waals surface area contributed by atoms with E-state index >= 15 is 0 Å². The predicted molar refractivity (Wildman–Crippen MR) is 82.7 cm³/mol. The van der Waals surface area contributed by atoms with E-state index in [0.717, 1.165) is 17.8 Å². The maximum Gasteiger partial charge on any atom is 0.321 e. The molecule has 110 valence electrons. The van der Waals surface area contributed by atoms with E-state index in [9.17, 15) is 4.79 Å². The quantitative estimate of drug-likeness (QED) is 0.885. The van der Waals surface area contributed by atoms with Crippen molar-refractivity contribution in [1.82, 2.24) is 4.90 Å². The molecule has 1 aliphatic carbocycles. The van der Waals surface area contributed by atoms with E-state index in [4.69, 9.17) is 5.73 Å². The maximum absolute atomic E-state index is 12.2. The molecule has 1 aromatic carbocycles. The molecule has 1 atom stereocenters. The van der Waals surface area contributed by atoms with Crippen molar-refractivity contribution in [2.75, 3.05) is 18.9 Å². The van der Waals surface area contributed by atoms with Gasteiger partial charge in [0, 0.05) is 25.3 Å². The average Bonchev–Trinajstić information content (AvgIpc) is 2.91. The van der Waals surface area contributed by atoms with Gasteiger partial charge in [-0.3, -0.25) is 0 Å². The van der Waals surface area contributed by atoms with E-state index in [0.29, 0.717) is 5.92 Å². The van der Waals surface area contributed by atoms with Gasteiger partial charge in [0.05, 0.1) is 0 Å². The number of rotatable bonds is 4. The lowest BCUT2D eigenvalue weighted by Gasteiger charge is -2.21. The first-order chi connectivity index (χ1) is 9.56. The summed E-state index contributed by atoms with van der Waals surface area (Å²) in [5.41, 5.74) is 7.70. The Bertz CT molecular complexity index is 453. The molecule has 4 nitrogen and oxygen atoms in total. The Labute approximate surface area is 121 Å². The van der Waals surface area contributed by atoms with E-state index < -0.39 is 0 Å². The van der Waals surface area contributed by atoms with E-state index in [-0.39, 0.29) is 12.1 Å². The third-order valence-electron chi connectivity index (χ3n) is 4.02. The zero-order valence-corrected chi connectivity index (χ0v) is 12.4. The van der Waals surface area contributed by atoms with Gasteiger partial charge < -0.3 is 16.0 Å². The summed E-state index contributed by atoms with van der Waals surface area (Å²) < 4.78 is 0. The van der Waals surface area contributed by atoms with Crippen molar-refractivity contribution in [2.45, 2.75) is 38.6 Å². The van der Waals surface area contributed by atoms with Crippen LogP contribution < -0.4 is 11.1 Å². The molecule has 0 aromatic heterocycles. The standard InChI is InChI=1S/C16H25N3O/c1-12(17)14-8-5-9-15(10-14)18-16(20)19(2)11-13-6-3-4-7-13/h5,8-10,12-13H,3-4,6-7,11,17H2,1-2H3,(H,18,20). The minimum absolute atomic E-state index is 0.0249. The molecule has 1 aliphatic rings. The summed E-state index contributed by atoms with van der Waals surface area (Å²) in [6.45, 7) is 2.78. The van der Waals surface area contributed by atoms with Crippen LogP contribution in [0.2, 0.25) is 0 Å². The Balaban J connectivity index is 1.91. The molecular formula is C16H25N3O. The predicted octanol–water partition coefficient (Wildman–Crippen LogP) is 3.36. The molecule has 0 bridgehead atoms. The van der Waals surface area contributed by atoms with Crippen LogP contribution in [0.4, 0.5) is 10.5 Å². The lowest BCUT2D eigenvalue weighted by Crippen LogP contribution is -2.34. The summed E-state index contributed by atoms with van der Waals surface area (Å²) in [6.07, 6.45) is 5.10. The van der Waals surface area contributed by atoms with Crippen LogP contribution in [-0.4, -0.2) is 24.5 Å². The van der Waals surface area contributed by atoms with Crippen molar-refractivity contribution in [3.63, 3.8) is 0 Å². The first-order valence-corrected chi connectivity index (χ1v) is 7.44. The minimum Gasteiger partial charge on any atom is -0.327 e. The molecule has 0 spiro atoms. The van der Waals surface area contributed by atoms with Gasteiger partial charge in [-0.05, 0) is 43.4 Å². The number of benzene rings is 1. The fourth-order valence-corrected chi connectivity index (χ4v) is 2.78. The fraction of sp³-hybridized carbons (Fsp3) is 0.562. The number of nitrogens with zero attached hydrogens (tertiary/aromatic N) is 1. The monoisotopic (exact) mass is 275 g/mol. The number of hydrogen-bond acceptors (Lipinski definition) is 2. The summed E-state index contributed by atoms with van der Waals surface area (Å²) in [4.78, 5) is 14.0. The van der Waals surface area contributed by atoms with Gasteiger partial charge in [0.15, 0.2) is 0 Å². The highest BCUT2D eigenvalue weighted by molar-refractivity contribution is 5.89. The van der Waals surface area contributed by atoms with E-state index in [1.165, 1.54) is 25.7 Å². The number of hydrogen-bond donors (Lipinski definition) is 2. The normalized spacial score (nSPS) is 16.9. The highest BCUT2D eigenvalue weighted by atomic mass is 16.2. The van der Waals surface area contributed by atoms with Crippen molar-refractivity contribution in [1.29, 1.82) is 0 Å². The third-order valence-corrected chi connectivity index (χ3v) is 4.02. The average molecular weight is 275 g/mol. The lowest BCUT2D eigenvalue weighted by molar-refractivity contribution is 0.214. The molecule has 0 saturated heterocycles. The summed E-state index contributed by atoms with van der Waals surface area (Å²) in [5, 5.41) is 2.94. The van der Waals surface area contributed by atoms with Crippen LogP contribution in [0.5, 0.6) is 0 Å². The Kier molecular flexibility index (Phi) is 5.01. The van der Waals surface area contributed by atoms with Crippen molar-refractivity contribution >= 4 is 11.7 Å². The van der Waals surface area contributed by atoms with Crippen LogP contribution in [0.15, 0.2) is 24.3 Å². The lowest BCUT2D eigenvalue weighted by atomic mass is 10.1. The van der Waals surface area contributed by atoms with E-state index in [2.05, 4.69) is 5.32 Å². The number of carbonyl (C=O) groups excluding carboxylic acids is 1. The molecule has 1 unspecified atom stereocenters. The van der Waals surface area contributed by atoms with Crippen LogP contribution in [0.25, 0.3) is 0 Å². The van der Waals surface area contributed by atoms with Gasteiger partial charge in [0.1, 0.15) is 0 Å². The van der Waals surface area contributed by atoms with E-state index in [1.807, 2.05) is 38.2 Å². The van der Waals surface area contributed by atoms with Crippen LogP contribution in [0, 0.1) is 5.92 Å². The molecule has 0 heterocycles. The first kappa shape index (κ1) is 14.9. The van der Waals surface area contributed by atoms with Gasteiger partial charge >= 0.3 is 6.03 Å². The summed E-state index contributed by atoms with van der Waals surface area (Å²) in [7, 11) is 1.86. The Morgan fingerprint density at radius 3 is 2.80 bits per heavy atom. The molecule has 0 radical (unpaired) electrons. The van der Waals surface area contributed by atoms with Gasteiger partial charge in [-0.15, -0.1) is 0 Å². The number of carbonyl (C=O) groups is 1. The molecule has 1 fully saturated rings. The molecule has 1 saturated carbocycles. The topological polar surface area (TPSA) is 58.4 Å². The van der Waals surface area contributed by atoms with Crippen LogP contribution in [-0.2, 0) is 0 Å². The van der Waals surface area contributed by atoms with Crippen molar-refractivity contribution in [3.05, 3.63) is 29.8 Å². The SMILES string of the molecule is CC(N)c1cccc(NC(=O)N(C)CC2CCCC2)c1. The Hall–Kier alpha value is -1.55.